The average Bonchev–Trinajstić information content (AvgIpc) is 3.70. The van der Waals surface area contributed by atoms with Crippen LogP contribution in [0.25, 0.3) is 0 Å². The number of likely N-dealkylation sites (N-methyl/N-ethyl adjacent to an activating group) is 1. The molecular weight excluding hydrogens is 1090 g/mol. The minimum Gasteiger partial charge on any atom is -0.756 e. The largest absolute Gasteiger partial charge is 0.756 e. The summed E-state index contributed by atoms with van der Waals surface area (Å²) in [6, 6.07) is 0. The minimum absolute atomic E-state index is 0.0344. The molecule has 0 aromatic rings. The van der Waals surface area contributed by atoms with Gasteiger partial charge in [0.25, 0.3) is 7.82 Å². The molecule has 0 rings (SSSR count). The first kappa shape index (κ1) is 82.7. The Labute approximate surface area is 531 Å². The van der Waals surface area contributed by atoms with Crippen LogP contribution < -0.4 is 4.89 Å². The summed E-state index contributed by atoms with van der Waals surface area (Å²) in [7, 11) is 1.16. The molecule has 0 aromatic heterocycles. The molecule has 0 saturated carbocycles. The number of rotatable bonds is 65. The Morgan fingerprint density at radius 1 is 0.360 bits per heavy atom. The predicted molar refractivity (Wildman–Crippen MR) is 369 cm³/mol. The van der Waals surface area contributed by atoms with Crippen molar-refractivity contribution in [2.45, 2.75) is 315 Å². The summed E-state index contributed by atoms with van der Waals surface area (Å²) in [6.45, 7) is 4.03. The maximum absolute atomic E-state index is 12.9. The number of nitrogens with zero attached hydrogens (tertiary/aromatic N) is 1. The van der Waals surface area contributed by atoms with Crippen LogP contribution in [-0.4, -0.2) is 70.0 Å². The van der Waals surface area contributed by atoms with E-state index < -0.39 is 26.5 Å². The summed E-state index contributed by atoms with van der Waals surface area (Å²) >= 11 is 0. The van der Waals surface area contributed by atoms with Gasteiger partial charge in [-0.1, -0.05) is 309 Å². The molecule has 0 heterocycles. The summed E-state index contributed by atoms with van der Waals surface area (Å²) in [5.41, 5.74) is 0. The molecule has 86 heavy (non-hydrogen) atoms. The van der Waals surface area contributed by atoms with Gasteiger partial charge < -0.3 is 27.9 Å². The standard InChI is InChI=1S/C76H134NO8P/c1-6-8-10-12-14-16-18-20-22-24-26-28-29-30-31-32-33-34-35-36-37-38-39-40-41-42-43-44-45-46-47-49-51-53-55-57-59-61-63-65-67-69-76(79)85-74(73-84-86(80,81)83-71-70-77(3,4)5)72-82-75(78)68-66-64-62-60-58-56-54-52-50-48-27-25-23-21-19-17-15-13-11-9-7-2/h8-11,14-17,20-23,26-28,30-31,48,74H,6-7,12-13,18-19,24-25,29,32-47,49-73H2,1-5H3/b10-8-,11-9-,16-14-,17-15-,22-20-,23-21-,28-26-,31-30-,48-27-. The van der Waals surface area contributed by atoms with E-state index in [1.807, 2.05) is 21.1 Å². The molecule has 2 atom stereocenters. The number of allylic oxidation sites excluding steroid dienone is 18. The highest BCUT2D eigenvalue weighted by Crippen LogP contribution is 2.38. The van der Waals surface area contributed by atoms with Crippen molar-refractivity contribution in [1.82, 2.24) is 0 Å². The molecule has 0 N–H and O–H groups in total. The number of ether oxygens (including phenoxy) is 2. The zero-order valence-electron chi connectivity index (χ0n) is 56.5. The van der Waals surface area contributed by atoms with Crippen LogP contribution in [0.5, 0.6) is 0 Å². The van der Waals surface area contributed by atoms with E-state index in [2.05, 4.69) is 123 Å². The van der Waals surface area contributed by atoms with Gasteiger partial charge >= 0.3 is 11.9 Å². The highest BCUT2D eigenvalue weighted by molar-refractivity contribution is 7.45. The Balaban J connectivity index is 3.94. The topological polar surface area (TPSA) is 111 Å². The number of hydrogen-bond acceptors (Lipinski definition) is 8. The van der Waals surface area contributed by atoms with Gasteiger partial charge in [-0.15, -0.1) is 0 Å². The molecule has 496 valence electrons. The van der Waals surface area contributed by atoms with Crippen molar-refractivity contribution in [3.05, 3.63) is 109 Å². The van der Waals surface area contributed by atoms with Crippen molar-refractivity contribution in [1.29, 1.82) is 0 Å². The van der Waals surface area contributed by atoms with Crippen LogP contribution in [0.4, 0.5) is 0 Å². The number of quaternary nitrogens is 1. The number of hydrogen-bond donors (Lipinski definition) is 0. The fourth-order valence-electron chi connectivity index (χ4n) is 9.91. The molecule has 0 fully saturated rings. The van der Waals surface area contributed by atoms with E-state index >= 15 is 0 Å². The Morgan fingerprint density at radius 2 is 0.628 bits per heavy atom. The van der Waals surface area contributed by atoms with Crippen molar-refractivity contribution < 1.29 is 42.1 Å². The Morgan fingerprint density at radius 3 is 0.930 bits per heavy atom. The van der Waals surface area contributed by atoms with Crippen LogP contribution in [-0.2, 0) is 32.7 Å². The average molecular weight is 1220 g/mol. The molecule has 0 saturated heterocycles. The second-order valence-corrected chi connectivity index (χ2v) is 26.2. The van der Waals surface area contributed by atoms with Gasteiger partial charge in [-0.2, -0.15) is 0 Å². The van der Waals surface area contributed by atoms with Crippen molar-refractivity contribution in [3.63, 3.8) is 0 Å². The number of carbonyl (C=O) groups is 2. The monoisotopic (exact) mass is 1220 g/mol. The highest BCUT2D eigenvalue weighted by Gasteiger charge is 2.22. The molecule has 0 aliphatic heterocycles. The SMILES string of the molecule is CC/C=C\C/C=C\C/C=C\C/C=C\C/C=C\CCCCCCCCCCCCCCCCCCCCCCCCCCCC(=O)OC(COC(=O)CCCCCCCCCC/C=C\C/C=C\C/C=C\C/C=C\CC)COP(=O)([O-])OCC[N+](C)(C)C. The lowest BCUT2D eigenvalue weighted by Crippen LogP contribution is -2.37. The van der Waals surface area contributed by atoms with E-state index in [0.29, 0.717) is 17.4 Å². The third kappa shape index (κ3) is 69.8. The number of phosphoric ester groups is 1. The Bertz CT molecular complexity index is 1820. The quantitative estimate of drug-likeness (QED) is 0.0195. The second-order valence-electron chi connectivity index (χ2n) is 24.8. The van der Waals surface area contributed by atoms with E-state index in [1.165, 1.54) is 167 Å². The molecule has 0 aliphatic carbocycles. The molecule has 0 aromatic carbocycles. The van der Waals surface area contributed by atoms with E-state index in [4.69, 9.17) is 18.5 Å². The second kappa shape index (κ2) is 66.1. The summed E-state index contributed by atoms with van der Waals surface area (Å²) in [4.78, 5) is 38.0. The summed E-state index contributed by atoms with van der Waals surface area (Å²) < 4.78 is 34.3. The lowest BCUT2D eigenvalue weighted by Gasteiger charge is -2.28. The first-order chi connectivity index (χ1) is 42.0. The maximum Gasteiger partial charge on any atom is 0.306 e. The smallest absolute Gasteiger partial charge is 0.306 e. The number of carbonyl (C=O) groups excluding carboxylic acids is 2. The van der Waals surface area contributed by atoms with E-state index in [9.17, 15) is 19.0 Å². The van der Waals surface area contributed by atoms with Crippen LogP contribution in [0, 0.1) is 0 Å². The zero-order chi connectivity index (χ0) is 62.6. The number of unbranched alkanes of at least 4 members (excludes halogenated alkanes) is 33. The summed E-state index contributed by atoms with van der Waals surface area (Å²) in [6.07, 6.45) is 93.3. The van der Waals surface area contributed by atoms with Gasteiger partial charge in [-0.3, -0.25) is 14.2 Å². The summed E-state index contributed by atoms with van der Waals surface area (Å²) in [5.74, 6) is -0.835. The minimum atomic E-state index is -4.65. The molecule has 2 unspecified atom stereocenters. The van der Waals surface area contributed by atoms with Gasteiger partial charge in [0.05, 0.1) is 27.7 Å². The van der Waals surface area contributed by atoms with Gasteiger partial charge in [0.2, 0.25) is 0 Å². The fourth-order valence-corrected chi connectivity index (χ4v) is 10.6. The van der Waals surface area contributed by atoms with E-state index in [-0.39, 0.29) is 32.0 Å². The van der Waals surface area contributed by atoms with Crippen molar-refractivity contribution in [2.75, 3.05) is 47.5 Å². The van der Waals surface area contributed by atoms with Crippen LogP contribution in [0.2, 0.25) is 0 Å². The van der Waals surface area contributed by atoms with Gasteiger partial charge in [-0.05, 0) is 96.3 Å². The van der Waals surface area contributed by atoms with Gasteiger partial charge in [0.1, 0.15) is 19.8 Å². The molecule has 9 nitrogen and oxygen atoms in total. The number of esters is 2. The van der Waals surface area contributed by atoms with Crippen LogP contribution >= 0.6 is 7.82 Å². The molecule has 0 radical (unpaired) electrons. The molecule has 0 spiro atoms. The van der Waals surface area contributed by atoms with E-state index in [0.717, 1.165) is 109 Å². The van der Waals surface area contributed by atoms with Gasteiger partial charge in [-0.25, -0.2) is 0 Å². The predicted octanol–water partition coefficient (Wildman–Crippen LogP) is 22.6. The zero-order valence-corrected chi connectivity index (χ0v) is 57.4. The van der Waals surface area contributed by atoms with Crippen LogP contribution in [0.1, 0.15) is 309 Å². The van der Waals surface area contributed by atoms with Crippen molar-refractivity contribution in [2.24, 2.45) is 0 Å². The molecular formula is C76H134NO8P. The third-order valence-electron chi connectivity index (χ3n) is 15.3. The highest BCUT2D eigenvalue weighted by atomic mass is 31.2. The first-order valence-corrected chi connectivity index (χ1v) is 37.1. The molecule has 0 amide bonds. The molecule has 10 heteroatoms. The Hall–Kier alpha value is -3.33. The van der Waals surface area contributed by atoms with Gasteiger partial charge in [0, 0.05) is 12.8 Å². The normalized spacial score (nSPS) is 13.8. The Kier molecular flexibility index (Phi) is 63.5. The van der Waals surface area contributed by atoms with Crippen LogP contribution in [0.15, 0.2) is 109 Å². The lowest BCUT2D eigenvalue weighted by molar-refractivity contribution is -0.870. The van der Waals surface area contributed by atoms with Crippen molar-refractivity contribution >= 4 is 19.8 Å². The lowest BCUT2D eigenvalue weighted by atomic mass is 10.0. The number of phosphoric acid groups is 1. The summed E-state index contributed by atoms with van der Waals surface area (Å²) in [5, 5.41) is 0. The molecule has 0 aliphatic rings. The van der Waals surface area contributed by atoms with E-state index in [1.54, 1.807) is 0 Å². The van der Waals surface area contributed by atoms with Crippen molar-refractivity contribution in [3.8, 4) is 0 Å². The third-order valence-corrected chi connectivity index (χ3v) is 16.3. The van der Waals surface area contributed by atoms with Gasteiger partial charge in [0.15, 0.2) is 6.10 Å². The van der Waals surface area contributed by atoms with Crippen LogP contribution in [0.3, 0.4) is 0 Å². The molecule has 0 bridgehead atoms. The first-order valence-electron chi connectivity index (χ1n) is 35.6. The maximum atomic E-state index is 12.9. The fraction of sp³-hybridized carbons (Fsp3) is 0.737.